The van der Waals surface area contributed by atoms with E-state index in [0.29, 0.717) is 11.1 Å². The zero-order valence-corrected chi connectivity index (χ0v) is 14.5. The van der Waals surface area contributed by atoms with Crippen LogP contribution in [0.15, 0.2) is 64.1 Å². The summed E-state index contributed by atoms with van der Waals surface area (Å²) in [5, 5.41) is 0.721. The maximum Gasteiger partial charge on any atom is 0.337 e. The van der Waals surface area contributed by atoms with Gasteiger partial charge in [0.25, 0.3) is 10.0 Å². The van der Waals surface area contributed by atoms with Crippen LogP contribution in [-0.2, 0) is 14.8 Å². The molecule has 0 saturated carbocycles. The summed E-state index contributed by atoms with van der Waals surface area (Å²) in [7, 11) is -2.46. The Labute approximate surface area is 141 Å². The van der Waals surface area contributed by atoms with Gasteiger partial charge in [0.2, 0.25) is 0 Å². The van der Waals surface area contributed by atoms with Crippen molar-refractivity contribution in [2.24, 2.45) is 0 Å². The zero-order chi connectivity index (χ0) is 16.6. The monoisotopic (exact) mass is 393 g/mol. The van der Waals surface area contributed by atoms with E-state index < -0.39 is 16.0 Å². The number of hydrogen-bond donors (Lipinski definition) is 0. The van der Waals surface area contributed by atoms with E-state index in [1.165, 1.54) is 31.5 Å². The summed E-state index contributed by atoms with van der Waals surface area (Å²) in [6.07, 6.45) is 1.48. The zero-order valence-electron chi connectivity index (χ0n) is 12.1. The van der Waals surface area contributed by atoms with Crippen molar-refractivity contribution in [3.8, 4) is 0 Å². The summed E-state index contributed by atoms with van der Waals surface area (Å²) < 4.78 is 32.2. The molecule has 3 rings (SSSR count). The third-order valence-corrected chi connectivity index (χ3v) is 5.68. The highest BCUT2D eigenvalue weighted by Crippen LogP contribution is 2.24. The summed E-state index contributed by atoms with van der Waals surface area (Å²) in [6, 6.07) is 12.9. The van der Waals surface area contributed by atoms with Gasteiger partial charge in [0.15, 0.2) is 0 Å². The normalized spacial score (nSPS) is 11.6. The molecule has 0 amide bonds. The minimum absolute atomic E-state index is 0.168. The number of hydrogen-bond acceptors (Lipinski definition) is 4. The van der Waals surface area contributed by atoms with Gasteiger partial charge in [-0.3, -0.25) is 0 Å². The Hall–Kier alpha value is -2.12. The fraction of sp³-hybridized carbons (Fsp3) is 0.0625. The molecule has 2 aromatic carbocycles. The van der Waals surface area contributed by atoms with Gasteiger partial charge in [-0.15, -0.1) is 0 Å². The second-order valence-electron chi connectivity index (χ2n) is 4.84. The smallest absolute Gasteiger partial charge is 0.337 e. The number of fused-ring (bicyclic) bond motifs is 1. The minimum atomic E-state index is -3.74. The molecule has 1 heterocycles. The highest BCUT2D eigenvalue weighted by molar-refractivity contribution is 9.10. The highest BCUT2D eigenvalue weighted by Gasteiger charge is 2.19. The molecule has 3 aromatic rings. The van der Waals surface area contributed by atoms with E-state index in [0.717, 1.165) is 13.8 Å². The third kappa shape index (κ3) is 2.77. The molecule has 0 aliphatic rings. The second kappa shape index (κ2) is 5.82. The molecule has 0 unspecified atom stereocenters. The summed E-state index contributed by atoms with van der Waals surface area (Å²) in [4.78, 5) is 11.8. The molecule has 7 heteroatoms. The van der Waals surface area contributed by atoms with Crippen LogP contribution >= 0.6 is 15.9 Å². The minimum Gasteiger partial charge on any atom is -0.465 e. The van der Waals surface area contributed by atoms with E-state index >= 15 is 0 Å². The van der Waals surface area contributed by atoms with Crippen molar-refractivity contribution in [2.75, 3.05) is 7.11 Å². The average molecular weight is 394 g/mol. The predicted molar refractivity (Wildman–Crippen MR) is 90.0 cm³/mol. The fourth-order valence-corrected chi connectivity index (χ4v) is 3.89. The van der Waals surface area contributed by atoms with Crippen LogP contribution in [0.25, 0.3) is 10.9 Å². The fourth-order valence-electron chi connectivity index (χ4n) is 2.28. The molecule has 1 aromatic heterocycles. The van der Waals surface area contributed by atoms with Crippen molar-refractivity contribution in [3.63, 3.8) is 0 Å². The van der Waals surface area contributed by atoms with Crippen LogP contribution in [0.2, 0.25) is 0 Å². The van der Waals surface area contributed by atoms with Crippen LogP contribution in [0, 0.1) is 0 Å². The number of carbonyl (C=O) groups is 1. The van der Waals surface area contributed by atoms with Gasteiger partial charge in [-0.1, -0.05) is 22.0 Å². The Morgan fingerprint density at radius 3 is 2.43 bits per heavy atom. The number of benzene rings is 2. The van der Waals surface area contributed by atoms with Gasteiger partial charge in [0, 0.05) is 16.1 Å². The van der Waals surface area contributed by atoms with E-state index in [1.807, 2.05) is 0 Å². The molecule has 0 fully saturated rings. The predicted octanol–water partition coefficient (Wildman–Crippen LogP) is 3.43. The summed E-state index contributed by atoms with van der Waals surface area (Å²) in [6.45, 7) is 0. The quantitative estimate of drug-likeness (QED) is 0.639. The van der Waals surface area contributed by atoms with E-state index in [1.54, 1.807) is 30.3 Å². The largest absolute Gasteiger partial charge is 0.465 e. The number of methoxy groups -OCH3 is 1. The molecule has 5 nitrogen and oxygen atoms in total. The molecule has 0 bridgehead atoms. The molecule has 118 valence electrons. The first-order valence-corrected chi connectivity index (χ1v) is 8.87. The molecule has 23 heavy (non-hydrogen) atoms. The lowest BCUT2D eigenvalue weighted by atomic mass is 10.2. The molecule has 0 atom stereocenters. The second-order valence-corrected chi connectivity index (χ2v) is 7.57. The highest BCUT2D eigenvalue weighted by atomic mass is 79.9. The Morgan fingerprint density at radius 2 is 1.78 bits per heavy atom. The van der Waals surface area contributed by atoms with Gasteiger partial charge in [-0.05, 0) is 42.5 Å². The number of nitrogens with zero attached hydrogens (tertiary/aromatic N) is 1. The molecule has 0 aliphatic carbocycles. The van der Waals surface area contributed by atoms with Crippen LogP contribution in [0.3, 0.4) is 0 Å². The van der Waals surface area contributed by atoms with Crippen LogP contribution in [0.5, 0.6) is 0 Å². The van der Waals surface area contributed by atoms with Gasteiger partial charge >= 0.3 is 5.97 Å². The van der Waals surface area contributed by atoms with E-state index in [4.69, 9.17) is 0 Å². The molecule has 0 aliphatic heterocycles. The van der Waals surface area contributed by atoms with E-state index in [-0.39, 0.29) is 4.90 Å². The van der Waals surface area contributed by atoms with Gasteiger partial charge in [0.1, 0.15) is 0 Å². The number of halogens is 1. The van der Waals surface area contributed by atoms with Gasteiger partial charge < -0.3 is 4.74 Å². The molecule has 0 radical (unpaired) electrons. The van der Waals surface area contributed by atoms with Crippen molar-refractivity contribution in [3.05, 3.63) is 64.8 Å². The number of carbonyl (C=O) groups excluding carboxylic acids is 1. The number of rotatable bonds is 3. The Bertz CT molecular complexity index is 991. The maximum absolute atomic E-state index is 12.8. The maximum atomic E-state index is 12.8. The number of ether oxygens (including phenoxy) is 1. The summed E-state index contributed by atoms with van der Waals surface area (Å²) >= 11 is 3.28. The Morgan fingerprint density at radius 1 is 1.09 bits per heavy atom. The lowest BCUT2D eigenvalue weighted by molar-refractivity contribution is 0.0601. The summed E-state index contributed by atoms with van der Waals surface area (Å²) in [5.74, 6) is -0.513. The van der Waals surface area contributed by atoms with E-state index in [2.05, 4.69) is 20.7 Å². The van der Waals surface area contributed by atoms with Crippen LogP contribution in [0.4, 0.5) is 0 Å². The van der Waals surface area contributed by atoms with Crippen molar-refractivity contribution in [2.45, 2.75) is 4.90 Å². The van der Waals surface area contributed by atoms with Crippen molar-refractivity contribution >= 4 is 42.8 Å². The van der Waals surface area contributed by atoms with E-state index in [9.17, 15) is 13.2 Å². The van der Waals surface area contributed by atoms with Crippen molar-refractivity contribution in [1.82, 2.24) is 3.97 Å². The molecular formula is C16H12BrNO4S. The lowest BCUT2D eigenvalue weighted by Crippen LogP contribution is -2.12. The van der Waals surface area contributed by atoms with Gasteiger partial charge in [-0.25, -0.2) is 17.2 Å². The SMILES string of the molecule is COC(=O)c1ccc2ccn(S(=O)(=O)c3ccc(Br)cc3)c2c1. The first-order valence-electron chi connectivity index (χ1n) is 6.64. The first kappa shape index (κ1) is 15.8. The third-order valence-electron chi connectivity index (χ3n) is 3.45. The Balaban J connectivity index is 2.19. The average Bonchev–Trinajstić information content (AvgIpc) is 2.98. The van der Waals surface area contributed by atoms with Gasteiger partial charge in [0.05, 0.1) is 23.1 Å². The van der Waals surface area contributed by atoms with Crippen LogP contribution in [-0.4, -0.2) is 25.5 Å². The van der Waals surface area contributed by atoms with Crippen LogP contribution in [0.1, 0.15) is 10.4 Å². The Kier molecular flexibility index (Phi) is 3.99. The van der Waals surface area contributed by atoms with Gasteiger partial charge in [-0.2, -0.15) is 0 Å². The standard InChI is InChI=1S/C16H12BrNO4S/c1-22-16(19)12-3-2-11-8-9-18(15(11)10-12)23(20,21)14-6-4-13(17)5-7-14/h2-10H,1H3. The van der Waals surface area contributed by atoms with Crippen molar-refractivity contribution in [1.29, 1.82) is 0 Å². The molecule has 0 saturated heterocycles. The van der Waals surface area contributed by atoms with Crippen LogP contribution < -0.4 is 0 Å². The van der Waals surface area contributed by atoms with Crippen molar-refractivity contribution < 1.29 is 17.9 Å². The summed E-state index contributed by atoms with van der Waals surface area (Å²) in [5.41, 5.74) is 0.724. The number of aromatic nitrogens is 1. The lowest BCUT2D eigenvalue weighted by Gasteiger charge is -2.08. The number of esters is 1. The first-order chi connectivity index (χ1) is 10.9. The topological polar surface area (TPSA) is 65.4 Å². The molecule has 0 N–H and O–H groups in total. The molecular weight excluding hydrogens is 382 g/mol. The molecule has 0 spiro atoms.